The Kier molecular flexibility index (Phi) is 7.67. The van der Waals surface area contributed by atoms with E-state index >= 15 is 0 Å². The Labute approximate surface area is 278 Å². The molecule has 0 saturated carbocycles. The minimum absolute atomic E-state index is 0.00278. The number of Topliss-reactive ketones (excluding diaryl/α,β-unsaturated/α-hetero) is 1. The van der Waals surface area contributed by atoms with Gasteiger partial charge in [0.25, 0.3) is 5.91 Å². The summed E-state index contributed by atoms with van der Waals surface area (Å²) in [5.74, 6) is -0.467. The number of nitrogens with zero attached hydrogens (tertiary/aromatic N) is 4. The highest BCUT2D eigenvalue weighted by molar-refractivity contribution is 6.26. The largest absolute Gasteiger partial charge is 0.378 e. The summed E-state index contributed by atoms with van der Waals surface area (Å²) < 4.78 is 5.37. The fourth-order valence-corrected chi connectivity index (χ4v) is 6.94. The molecule has 0 aliphatic carbocycles. The molecular weight excluding hydrogens is 600 g/mol. The number of hydrogen-bond acceptors (Lipinski definition) is 6. The summed E-state index contributed by atoms with van der Waals surface area (Å²) in [4.78, 5) is 50.9. The second-order valence-corrected chi connectivity index (χ2v) is 12.5. The van der Waals surface area contributed by atoms with E-state index in [9.17, 15) is 14.4 Å². The van der Waals surface area contributed by atoms with Gasteiger partial charge in [0, 0.05) is 49.6 Å². The highest BCUT2D eigenvalue weighted by Crippen LogP contribution is 2.37. The first kappa shape index (κ1) is 29.9. The summed E-state index contributed by atoms with van der Waals surface area (Å²) in [6.45, 7) is 6.02. The summed E-state index contributed by atoms with van der Waals surface area (Å²) >= 11 is 0. The molecule has 3 aliphatic rings. The molecule has 0 unspecified atom stereocenters. The van der Waals surface area contributed by atoms with Gasteiger partial charge >= 0.3 is 0 Å². The van der Waals surface area contributed by atoms with E-state index < -0.39 is 0 Å². The molecule has 8 nitrogen and oxygen atoms in total. The lowest BCUT2D eigenvalue weighted by atomic mass is 9.95. The predicted molar refractivity (Wildman–Crippen MR) is 187 cm³/mol. The van der Waals surface area contributed by atoms with Gasteiger partial charge in [0.1, 0.15) is 0 Å². The smallest absolute Gasteiger partial charge is 0.253 e. The van der Waals surface area contributed by atoms with Gasteiger partial charge in [-0.2, -0.15) is 0 Å². The van der Waals surface area contributed by atoms with E-state index in [1.165, 1.54) is 11.8 Å². The number of hydrogen-bond donors (Lipinski definition) is 0. The van der Waals surface area contributed by atoms with Crippen LogP contribution in [0.5, 0.6) is 0 Å². The van der Waals surface area contributed by atoms with Crippen LogP contribution in [0.1, 0.15) is 33.3 Å². The van der Waals surface area contributed by atoms with Gasteiger partial charge in [-0.3, -0.25) is 24.2 Å². The molecule has 1 aromatic heterocycles. The molecule has 0 N–H and O–H groups in total. The van der Waals surface area contributed by atoms with Crippen LogP contribution in [-0.2, 0) is 9.53 Å². The third-order valence-corrected chi connectivity index (χ3v) is 9.56. The summed E-state index contributed by atoms with van der Waals surface area (Å²) in [7, 11) is 0. The van der Waals surface area contributed by atoms with E-state index in [1.807, 2.05) is 59.5 Å². The molecule has 8 rings (SSSR count). The number of piperazine rings is 1. The van der Waals surface area contributed by atoms with Gasteiger partial charge in [-0.15, -0.1) is 0 Å². The van der Waals surface area contributed by atoms with Crippen molar-refractivity contribution in [2.75, 3.05) is 44.3 Å². The topological polar surface area (TPSA) is 83.1 Å². The highest BCUT2D eigenvalue weighted by Gasteiger charge is 2.35. The molecule has 48 heavy (non-hydrogen) atoms. The van der Waals surface area contributed by atoms with Crippen molar-refractivity contribution >= 4 is 40.3 Å². The van der Waals surface area contributed by atoms with Crippen molar-refractivity contribution in [3.8, 4) is 22.3 Å². The third kappa shape index (κ3) is 5.39. The summed E-state index contributed by atoms with van der Waals surface area (Å²) in [6.07, 6.45) is 1.69. The van der Waals surface area contributed by atoms with Gasteiger partial charge in [-0.05, 0) is 70.8 Å². The van der Waals surface area contributed by atoms with Gasteiger partial charge in [0.05, 0.1) is 41.9 Å². The van der Waals surface area contributed by atoms with Crippen LogP contribution in [0.4, 0.5) is 5.69 Å². The van der Waals surface area contributed by atoms with Crippen molar-refractivity contribution in [2.24, 2.45) is 0 Å². The maximum Gasteiger partial charge on any atom is 0.253 e. The Bertz CT molecular complexity index is 2110. The Morgan fingerprint density at radius 1 is 0.771 bits per heavy atom. The number of fused-ring (bicyclic) bond motifs is 2. The fourth-order valence-electron chi connectivity index (χ4n) is 6.94. The molecule has 3 aliphatic heterocycles. The Hall–Kier alpha value is -5.44. The highest BCUT2D eigenvalue weighted by atomic mass is 16.5. The van der Waals surface area contributed by atoms with Crippen molar-refractivity contribution in [3.05, 3.63) is 126 Å². The zero-order valence-electron chi connectivity index (χ0n) is 26.6. The quantitative estimate of drug-likeness (QED) is 0.211. The number of carbonyl (C=O) groups excluding carboxylic acids is 3. The second kappa shape index (κ2) is 12.3. The van der Waals surface area contributed by atoms with Crippen LogP contribution in [0.2, 0.25) is 0 Å². The number of ether oxygens (including phenoxy) is 1. The Balaban J connectivity index is 1.22. The SMILES string of the molecule is CC(=O)N1/C(=C/c2cc(-c3cccc(-c4ccccc4)c3)c3cc(C(=O)N4CCN(C5COC5)CC4)ccc3n2)C(=O)c2ccccc21. The maximum atomic E-state index is 13.8. The number of allylic oxidation sites excluding steroid dienone is 1. The van der Waals surface area contributed by atoms with E-state index in [-0.39, 0.29) is 23.3 Å². The average Bonchev–Trinajstić information content (AvgIpc) is 3.38. The molecule has 2 fully saturated rings. The molecule has 5 aromatic rings. The predicted octanol–water partition coefficient (Wildman–Crippen LogP) is 6.32. The summed E-state index contributed by atoms with van der Waals surface area (Å²) in [6, 6.07) is 33.7. The zero-order valence-corrected chi connectivity index (χ0v) is 26.6. The number of benzene rings is 4. The van der Waals surface area contributed by atoms with E-state index in [2.05, 4.69) is 35.2 Å². The minimum atomic E-state index is -0.249. The lowest BCUT2D eigenvalue weighted by molar-refractivity contribution is -0.116. The van der Waals surface area contributed by atoms with Crippen LogP contribution >= 0.6 is 0 Å². The molecule has 4 aromatic carbocycles. The van der Waals surface area contributed by atoms with Crippen LogP contribution in [0.25, 0.3) is 39.2 Å². The lowest BCUT2D eigenvalue weighted by Crippen LogP contribution is -2.57. The average molecular weight is 635 g/mol. The third-order valence-electron chi connectivity index (χ3n) is 9.56. The standard InChI is InChI=1S/C40H34N4O4/c1-26(45)44-37-13-6-5-12-33(37)39(46)38(44)23-31-22-34(29-11-7-10-28(20-29)27-8-3-2-4-9-27)35-21-30(14-15-36(35)41-31)40(47)43-18-16-42(17-19-43)32-24-48-25-32/h2-15,20-23,32H,16-19,24-25H2,1H3/b38-23+. The number of para-hydroxylation sites is 1. The molecule has 238 valence electrons. The number of rotatable bonds is 5. The van der Waals surface area contributed by atoms with Crippen LogP contribution in [0.3, 0.4) is 0 Å². The van der Waals surface area contributed by atoms with Crippen LogP contribution in [-0.4, -0.2) is 77.8 Å². The Morgan fingerprint density at radius 3 is 2.25 bits per heavy atom. The van der Waals surface area contributed by atoms with E-state index in [4.69, 9.17) is 9.72 Å². The number of amides is 2. The van der Waals surface area contributed by atoms with Crippen molar-refractivity contribution in [3.63, 3.8) is 0 Å². The molecule has 4 heterocycles. The molecule has 0 radical (unpaired) electrons. The van der Waals surface area contributed by atoms with Crippen LogP contribution < -0.4 is 4.90 Å². The fraction of sp³-hybridized carbons (Fsp3) is 0.200. The number of carbonyl (C=O) groups is 3. The minimum Gasteiger partial charge on any atom is -0.378 e. The van der Waals surface area contributed by atoms with Gasteiger partial charge in [-0.25, -0.2) is 4.98 Å². The van der Waals surface area contributed by atoms with Gasteiger partial charge in [0.2, 0.25) is 11.7 Å². The lowest BCUT2D eigenvalue weighted by Gasteiger charge is -2.42. The van der Waals surface area contributed by atoms with Crippen molar-refractivity contribution in [1.82, 2.24) is 14.8 Å². The first-order valence-corrected chi connectivity index (χ1v) is 16.3. The molecular formula is C40H34N4O4. The number of ketones is 1. The van der Waals surface area contributed by atoms with Crippen molar-refractivity contribution < 1.29 is 19.1 Å². The first-order valence-electron chi connectivity index (χ1n) is 16.3. The molecule has 0 bridgehead atoms. The maximum absolute atomic E-state index is 13.8. The molecule has 0 atom stereocenters. The van der Waals surface area contributed by atoms with Crippen molar-refractivity contribution in [2.45, 2.75) is 13.0 Å². The molecule has 2 saturated heterocycles. The van der Waals surface area contributed by atoms with E-state index in [1.54, 1.807) is 24.3 Å². The van der Waals surface area contributed by atoms with Crippen molar-refractivity contribution in [1.29, 1.82) is 0 Å². The number of aromatic nitrogens is 1. The summed E-state index contributed by atoms with van der Waals surface area (Å²) in [5.41, 5.74) is 7.15. The number of pyridine rings is 1. The van der Waals surface area contributed by atoms with Crippen LogP contribution in [0, 0.1) is 0 Å². The zero-order chi connectivity index (χ0) is 32.8. The Morgan fingerprint density at radius 2 is 1.50 bits per heavy atom. The van der Waals surface area contributed by atoms with E-state index in [0.29, 0.717) is 47.2 Å². The van der Waals surface area contributed by atoms with Crippen LogP contribution in [0.15, 0.2) is 109 Å². The van der Waals surface area contributed by atoms with E-state index in [0.717, 1.165) is 53.9 Å². The number of anilines is 1. The normalized spacial score (nSPS) is 17.5. The van der Waals surface area contributed by atoms with Gasteiger partial charge < -0.3 is 9.64 Å². The first-order chi connectivity index (χ1) is 23.4. The monoisotopic (exact) mass is 634 g/mol. The second-order valence-electron chi connectivity index (χ2n) is 12.5. The molecule has 0 spiro atoms. The van der Waals surface area contributed by atoms with Gasteiger partial charge in [-0.1, -0.05) is 60.7 Å². The molecule has 2 amide bonds. The van der Waals surface area contributed by atoms with Gasteiger partial charge in [0.15, 0.2) is 0 Å². The molecule has 8 heteroatoms. The summed E-state index contributed by atoms with van der Waals surface area (Å²) in [5, 5.41) is 0.836.